The van der Waals surface area contributed by atoms with E-state index in [-0.39, 0.29) is 11.5 Å². The van der Waals surface area contributed by atoms with E-state index in [1.807, 2.05) is 0 Å². The van der Waals surface area contributed by atoms with Crippen LogP contribution in [0, 0.1) is 0 Å². The molecule has 94 valence electrons. The van der Waals surface area contributed by atoms with E-state index in [2.05, 4.69) is 14.9 Å². The maximum atomic E-state index is 12.2. The van der Waals surface area contributed by atoms with Crippen molar-refractivity contribution in [2.24, 2.45) is 0 Å². The molecule has 4 nitrogen and oxygen atoms in total. The minimum absolute atomic E-state index is 0.0138. The van der Waals surface area contributed by atoms with E-state index in [9.17, 15) is 8.78 Å². The Hall–Kier alpha value is -2.24. The van der Waals surface area contributed by atoms with Crippen molar-refractivity contribution in [3.8, 4) is 22.8 Å². The Balaban J connectivity index is 2.36. The van der Waals surface area contributed by atoms with Gasteiger partial charge in [-0.3, -0.25) is 0 Å². The second-order valence-corrected chi connectivity index (χ2v) is 3.35. The van der Waals surface area contributed by atoms with E-state index in [1.165, 1.54) is 13.2 Å². The zero-order valence-electron chi connectivity index (χ0n) is 9.51. The summed E-state index contributed by atoms with van der Waals surface area (Å²) < 4.78 is 33.7. The molecule has 0 saturated heterocycles. The first kappa shape index (κ1) is 12.2. The molecule has 0 fully saturated rings. The van der Waals surface area contributed by atoms with Gasteiger partial charge in [-0.05, 0) is 30.3 Å². The Bertz CT molecular complexity index is 521. The van der Waals surface area contributed by atoms with Crippen LogP contribution in [0.5, 0.6) is 11.5 Å². The molecule has 0 aliphatic carbocycles. The highest BCUT2D eigenvalue weighted by atomic mass is 19.3. The summed E-state index contributed by atoms with van der Waals surface area (Å²) in [4.78, 5) is 0. The van der Waals surface area contributed by atoms with Crippen molar-refractivity contribution >= 4 is 0 Å². The van der Waals surface area contributed by atoms with Gasteiger partial charge in [0.25, 0.3) is 0 Å². The van der Waals surface area contributed by atoms with Crippen molar-refractivity contribution in [1.82, 2.24) is 10.2 Å². The molecule has 1 aromatic carbocycles. The van der Waals surface area contributed by atoms with Gasteiger partial charge in [0.2, 0.25) is 0 Å². The Morgan fingerprint density at radius 1 is 1.17 bits per heavy atom. The third kappa shape index (κ3) is 2.71. The third-order valence-electron chi connectivity index (χ3n) is 2.25. The quantitative estimate of drug-likeness (QED) is 0.839. The molecule has 0 saturated carbocycles. The molecule has 1 heterocycles. The van der Waals surface area contributed by atoms with Crippen molar-refractivity contribution < 1.29 is 18.3 Å². The van der Waals surface area contributed by atoms with Crippen LogP contribution < -0.4 is 9.47 Å². The summed E-state index contributed by atoms with van der Waals surface area (Å²) >= 11 is 0. The lowest BCUT2D eigenvalue weighted by Gasteiger charge is -2.10. The average molecular weight is 252 g/mol. The first-order chi connectivity index (χ1) is 8.70. The Morgan fingerprint density at radius 2 is 2.00 bits per heavy atom. The fourth-order valence-electron chi connectivity index (χ4n) is 1.48. The SMILES string of the molecule is COc1cc(-c2cccnn2)ccc1OC(F)F. The number of halogens is 2. The molecule has 0 bridgehead atoms. The summed E-state index contributed by atoms with van der Waals surface area (Å²) in [6, 6.07) is 8.09. The molecule has 0 unspecified atom stereocenters. The summed E-state index contributed by atoms with van der Waals surface area (Å²) in [5.74, 6) is 0.207. The maximum absolute atomic E-state index is 12.2. The fourth-order valence-corrected chi connectivity index (χ4v) is 1.48. The van der Waals surface area contributed by atoms with Crippen molar-refractivity contribution in [3.63, 3.8) is 0 Å². The number of hydrogen-bond donors (Lipinski definition) is 0. The van der Waals surface area contributed by atoms with Gasteiger partial charge in [-0.2, -0.15) is 19.0 Å². The largest absolute Gasteiger partial charge is 0.493 e. The van der Waals surface area contributed by atoms with E-state index < -0.39 is 6.61 Å². The highest BCUT2D eigenvalue weighted by Crippen LogP contribution is 2.32. The number of methoxy groups -OCH3 is 1. The van der Waals surface area contributed by atoms with Crippen LogP contribution in [-0.4, -0.2) is 23.9 Å². The lowest BCUT2D eigenvalue weighted by molar-refractivity contribution is -0.0512. The lowest BCUT2D eigenvalue weighted by atomic mass is 10.1. The van der Waals surface area contributed by atoms with Crippen LogP contribution in [0.15, 0.2) is 36.5 Å². The molecule has 18 heavy (non-hydrogen) atoms. The summed E-state index contributed by atoms with van der Waals surface area (Å²) in [6.07, 6.45) is 1.55. The van der Waals surface area contributed by atoms with Crippen molar-refractivity contribution in [1.29, 1.82) is 0 Å². The normalized spacial score (nSPS) is 10.4. The highest BCUT2D eigenvalue weighted by molar-refractivity contribution is 5.63. The summed E-state index contributed by atoms with van der Waals surface area (Å²) in [6.45, 7) is -2.89. The topological polar surface area (TPSA) is 44.2 Å². The van der Waals surface area contributed by atoms with Gasteiger partial charge in [-0.1, -0.05) is 0 Å². The van der Waals surface area contributed by atoms with Gasteiger partial charge in [0, 0.05) is 11.8 Å². The predicted molar refractivity (Wildman–Crippen MR) is 60.7 cm³/mol. The first-order valence-electron chi connectivity index (χ1n) is 5.11. The molecule has 0 atom stereocenters. The number of alkyl halides is 2. The van der Waals surface area contributed by atoms with Crippen LogP contribution in [0.4, 0.5) is 8.78 Å². The summed E-state index contributed by atoms with van der Waals surface area (Å²) in [7, 11) is 1.38. The van der Waals surface area contributed by atoms with Crippen molar-refractivity contribution in [3.05, 3.63) is 36.5 Å². The third-order valence-corrected chi connectivity index (χ3v) is 2.25. The van der Waals surface area contributed by atoms with Gasteiger partial charge >= 0.3 is 6.61 Å². The van der Waals surface area contributed by atoms with Gasteiger partial charge in [0.1, 0.15) is 0 Å². The minimum atomic E-state index is -2.89. The van der Waals surface area contributed by atoms with Crippen LogP contribution in [0.1, 0.15) is 0 Å². The molecule has 0 spiro atoms. The van der Waals surface area contributed by atoms with E-state index in [0.717, 1.165) is 0 Å². The molecule has 2 rings (SSSR count). The predicted octanol–water partition coefficient (Wildman–Crippen LogP) is 2.75. The van der Waals surface area contributed by atoms with E-state index in [4.69, 9.17) is 4.74 Å². The van der Waals surface area contributed by atoms with Crippen LogP contribution >= 0.6 is 0 Å². The van der Waals surface area contributed by atoms with E-state index >= 15 is 0 Å². The number of rotatable bonds is 4. The maximum Gasteiger partial charge on any atom is 0.387 e. The molecule has 0 aliphatic heterocycles. The van der Waals surface area contributed by atoms with Crippen molar-refractivity contribution in [2.45, 2.75) is 6.61 Å². The standard InChI is InChI=1S/C12H10F2N2O2/c1-17-11-7-8(9-3-2-6-15-16-9)4-5-10(11)18-12(13)14/h2-7,12H,1H3. The molecule has 6 heteroatoms. The van der Waals surface area contributed by atoms with Crippen LogP contribution in [-0.2, 0) is 0 Å². The van der Waals surface area contributed by atoms with Crippen LogP contribution in [0.3, 0.4) is 0 Å². The molecular weight excluding hydrogens is 242 g/mol. The first-order valence-corrected chi connectivity index (χ1v) is 5.11. The molecule has 0 aliphatic rings. The molecule has 0 N–H and O–H groups in total. The van der Waals surface area contributed by atoms with Gasteiger partial charge in [0.15, 0.2) is 11.5 Å². The zero-order chi connectivity index (χ0) is 13.0. The molecule has 2 aromatic rings. The second kappa shape index (κ2) is 5.39. The molecule has 0 radical (unpaired) electrons. The molecular formula is C12H10F2N2O2. The smallest absolute Gasteiger partial charge is 0.387 e. The number of ether oxygens (including phenoxy) is 2. The number of nitrogens with zero attached hydrogens (tertiary/aromatic N) is 2. The highest BCUT2D eigenvalue weighted by Gasteiger charge is 2.12. The summed E-state index contributed by atoms with van der Waals surface area (Å²) in [5, 5.41) is 7.67. The number of aromatic nitrogens is 2. The monoisotopic (exact) mass is 252 g/mol. The summed E-state index contributed by atoms with van der Waals surface area (Å²) in [5.41, 5.74) is 1.33. The van der Waals surface area contributed by atoms with Crippen LogP contribution in [0.25, 0.3) is 11.3 Å². The number of benzene rings is 1. The Morgan fingerprint density at radius 3 is 2.61 bits per heavy atom. The average Bonchev–Trinajstić information content (AvgIpc) is 2.39. The van der Waals surface area contributed by atoms with E-state index in [1.54, 1.807) is 30.5 Å². The Labute approximate surface area is 102 Å². The zero-order valence-corrected chi connectivity index (χ0v) is 9.51. The van der Waals surface area contributed by atoms with Gasteiger partial charge in [0.05, 0.1) is 12.8 Å². The number of hydrogen-bond acceptors (Lipinski definition) is 4. The Kier molecular flexibility index (Phi) is 3.66. The van der Waals surface area contributed by atoms with Gasteiger partial charge < -0.3 is 9.47 Å². The van der Waals surface area contributed by atoms with Gasteiger partial charge in [-0.15, -0.1) is 0 Å². The molecule has 1 aromatic heterocycles. The van der Waals surface area contributed by atoms with E-state index in [0.29, 0.717) is 11.3 Å². The fraction of sp³-hybridized carbons (Fsp3) is 0.167. The molecule has 0 amide bonds. The van der Waals surface area contributed by atoms with Crippen LogP contribution in [0.2, 0.25) is 0 Å². The van der Waals surface area contributed by atoms with Crippen molar-refractivity contribution in [2.75, 3.05) is 7.11 Å². The minimum Gasteiger partial charge on any atom is -0.493 e. The van der Waals surface area contributed by atoms with Gasteiger partial charge in [-0.25, -0.2) is 0 Å². The second-order valence-electron chi connectivity index (χ2n) is 3.35. The lowest BCUT2D eigenvalue weighted by Crippen LogP contribution is -2.03.